The van der Waals surface area contributed by atoms with Gasteiger partial charge in [0.15, 0.2) is 9.84 Å². The van der Waals surface area contributed by atoms with Crippen molar-refractivity contribution >= 4 is 33.4 Å². The van der Waals surface area contributed by atoms with Gasteiger partial charge in [-0.25, -0.2) is 17.2 Å². The van der Waals surface area contributed by atoms with Crippen LogP contribution in [0.3, 0.4) is 0 Å². The van der Waals surface area contributed by atoms with E-state index in [-0.39, 0.29) is 35.7 Å². The highest BCUT2D eigenvalue weighted by Gasteiger charge is 2.35. The van der Waals surface area contributed by atoms with E-state index in [1.54, 1.807) is 0 Å². The number of hydrogen-bond acceptors (Lipinski definition) is 7. The Hall–Kier alpha value is -3.67. The molecule has 2 aromatic carbocycles. The fourth-order valence-electron chi connectivity index (χ4n) is 3.32. The SMILES string of the molecule is CS(=O)(=O)c1ccc(N2C[C@H](c3nnc(NC(=O)c4c(F)cccc4F)o3)CC2=O)cc1. The topological polar surface area (TPSA) is 122 Å². The predicted octanol–water partition coefficient (Wildman–Crippen LogP) is 2.52. The molecular formula is C20H16F2N4O5S. The Bertz CT molecular complexity index is 1290. The lowest BCUT2D eigenvalue weighted by molar-refractivity contribution is -0.117. The third-order valence-corrected chi connectivity index (χ3v) is 6.03. The molecule has 3 aromatic rings. The molecule has 2 heterocycles. The van der Waals surface area contributed by atoms with Crippen LogP contribution in [-0.2, 0) is 14.6 Å². The maximum Gasteiger partial charge on any atom is 0.322 e. The fraction of sp³-hybridized carbons (Fsp3) is 0.200. The largest absolute Gasteiger partial charge is 0.407 e. The van der Waals surface area contributed by atoms with Crippen molar-refractivity contribution in [1.29, 1.82) is 0 Å². The van der Waals surface area contributed by atoms with E-state index in [2.05, 4.69) is 15.5 Å². The number of benzene rings is 2. The van der Waals surface area contributed by atoms with Gasteiger partial charge in [-0.05, 0) is 36.4 Å². The smallest absolute Gasteiger partial charge is 0.322 e. The Kier molecular flexibility index (Phi) is 5.46. The fourth-order valence-corrected chi connectivity index (χ4v) is 3.95. The van der Waals surface area contributed by atoms with E-state index >= 15 is 0 Å². The average molecular weight is 462 g/mol. The van der Waals surface area contributed by atoms with Gasteiger partial charge in [-0.3, -0.25) is 14.9 Å². The zero-order chi connectivity index (χ0) is 23.0. The summed E-state index contributed by atoms with van der Waals surface area (Å²) in [5, 5.41) is 9.62. The molecule has 0 spiro atoms. The molecule has 0 radical (unpaired) electrons. The van der Waals surface area contributed by atoms with Gasteiger partial charge in [-0.15, -0.1) is 5.10 Å². The number of carbonyl (C=O) groups is 2. The first-order valence-electron chi connectivity index (χ1n) is 9.32. The van der Waals surface area contributed by atoms with Gasteiger partial charge in [0, 0.05) is 24.9 Å². The molecule has 0 unspecified atom stereocenters. The molecule has 166 valence electrons. The lowest BCUT2D eigenvalue weighted by Gasteiger charge is -2.16. The average Bonchev–Trinajstić information content (AvgIpc) is 3.34. The number of halogens is 2. The molecule has 1 atom stereocenters. The van der Waals surface area contributed by atoms with E-state index in [1.807, 2.05) is 0 Å². The van der Waals surface area contributed by atoms with Crippen LogP contribution >= 0.6 is 0 Å². The van der Waals surface area contributed by atoms with Crippen molar-refractivity contribution in [2.45, 2.75) is 17.2 Å². The van der Waals surface area contributed by atoms with Gasteiger partial charge >= 0.3 is 6.01 Å². The Morgan fingerprint density at radius 2 is 1.78 bits per heavy atom. The lowest BCUT2D eigenvalue weighted by Crippen LogP contribution is -2.24. The van der Waals surface area contributed by atoms with Crippen LogP contribution in [0.4, 0.5) is 20.5 Å². The first-order valence-corrected chi connectivity index (χ1v) is 11.2. The zero-order valence-electron chi connectivity index (χ0n) is 16.6. The summed E-state index contributed by atoms with van der Waals surface area (Å²) in [4.78, 5) is 26.2. The summed E-state index contributed by atoms with van der Waals surface area (Å²) < 4.78 is 56.1. The van der Waals surface area contributed by atoms with Crippen molar-refractivity contribution in [3.8, 4) is 0 Å². The third kappa shape index (κ3) is 4.21. The summed E-state index contributed by atoms with van der Waals surface area (Å²) >= 11 is 0. The molecule has 1 N–H and O–H groups in total. The number of nitrogens with zero attached hydrogens (tertiary/aromatic N) is 3. The summed E-state index contributed by atoms with van der Waals surface area (Å²) in [6.07, 6.45) is 1.14. The third-order valence-electron chi connectivity index (χ3n) is 4.90. The number of rotatable bonds is 5. The summed E-state index contributed by atoms with van der Waals surface area (Å²) in [7, 11) is -3.36. The number of amides is 2. The van der Waals surface area contributed by atoms with E-state index in [1.165, 1.54) is 29.2 Å². The highest BCUT2D eigenvalue weighted by atomic mass is 32.2. The molecule has 32 heavy (non-hydrogen) atoms. The minimum atomic E-state index is -3.36. The van der Waals surface area contributed by atoms with Gasteiger partial charge in [0.2, 0.25) is 11.8 Å². The van der Waals surface area contributed by atoms with E-state index in [4.69, 9.17) is 4.42 Å². The summed E-state index contributed by atoms with van der Waals surface area (Å²) in [5.74, 6) is -3.83. The summed E-state index contributed by atoms with van der Waals surface area (Å²) in [6.45, 7) is 0.189. The van der Waals surface area contributed by atoms with E-state index in [9.17, 15) is 26.8 Å². The minimum absolute atomic E-state index is 0.0470. The molecule has 4 rings (SSSR count). The molecule has 0 saturated carbocycles. The Morgan fingerprint density at radius 1 is 1.12 bits per heavy atom. The predicted molar refractivity (Wildman–Crippen MR) is 108 cm³/mol. The number of nitrogens with one attached hydrogen (secondary N) is 1. The van der Waals surface area contributed by atoms with E-state index < -0.39 is 38.9 Å². The number of carbonyl (C=O) groups excluding carboxylic acids is 2. The highest BCUT2D eigenvalue weighted by molar-refractivity contribution is 7.90. The molecule has 12 heteroatoms. The van der Waals surface area contributed by atoms with Gasteiger partial charge in [-0.1, -0.05) is 11.2 Å². The van der Waals surface area contributed by atoms with Crippen LogP contribution in [-0.4, -0.2) is 43.2 Å². The summed E-state index contributed by atoms with van der Waals surface area (Å²) in [5.41, 5.74) is -0.278. The molecular weight excluding hydrogens is 446 g/mol. The van der Waals surface area contributed by atoms with Gasteiger partial charge in [0.05, 0.1) is 10.8 Å². The summed E-state index contributed by atoms with van der Waals surface area (Å²) in [6, 6.07) is 8.52. The van der Waals surface area contributed by atoms with E-state index in [0.717, 1.165) is 24.5 Å². The molecule has 1 fully saturated rings. The zero-order valence-corrected chi connectivity index (χ0v) is 17.4. The van der Waals surface area contributed by atoms with Crippen LogP contribution in [0.1, 0.15) is 28.6 Å². The van der Waals surface area contributed by atoms with Crippen LogP contribution < -0.4 is 10.2 Å². The molecule has 9 nitrogen and oxygen atoms in total. The van der Waals surface area contributed by atoms with E-state index in [0.29, 0.717) is 5.69 Å². The monoisotopic (exact) mass is 462 g/mol. The second-order valence-corrected chi connectivity index (χ2v) is 9.18. The molecule has 1 aromatic heterocycles. The van der Waals surface area contributed by atoms with Gasteiger partial charge in [-0.2, -0.15) is 0 Å². The number of hydrogen-bond donors (Lipinski definition) is 1. The molecule has 1 aliphatic heterocycles. The molecule has 1 saturated heterocycles. The number of aromatic nitrogens is 2. The minimum Gasteiger partial charge on any atom is -0.407 e. The lowest BCUT2D eigenvalue weighted by atomic mass is 10.1. The van der Waals surface area contributed by atoms with Crippen LogP contribution in [0, 0.1) is 11.6 Å². The standard InChI is InChI=1S/C20H16F2N4O5S/c1-32(29,30)13-7-5-12(6-8-13)26-10-11(9-16(26)27)19-24-25-20(31-19)23-18(28)17-14(21)3-2-4-15(17)22/h2-8,11H,9-10H2,1H3,(H,23,25,28)/t11-/m1/s1. The van der Waals surface area contributed by atoms with Crippen molar-refractivity contribution in [3.63, 3.8) is 0 Å². The normalized spacial score (nSPS) is 16.4. The highest BCUT2D eigenvalue weighted by Crippen LogP contribution is 2.32. The van der Waals surface area contributed by atoms with Crippen molar-refractivity contribution < 1.29 is 31.2 Å². The van der Waals surface area contributed by atoms with Crippen molar-refractivity contribution in [2.75, 3.05) is 23.0 Å². The van der Waals surface area contributed by atoms with Crippen LogP contribution in [0.25, 0.3) is 0 Å². The van der Waals surface area contributed by atoms with Gasteiger partial charge < -0.3 is 9.32 Å². The number of anilines is 2. The molecule has 0 bridgehead atoms. The van der Waals surface area contributed by atoms with Crippen LogP contribution in [0.5, 0.6) is 0 Å². The van der Waals surface area contributed by atoms with Crippen LogP contribution in [0.2, 0.25) is 0 Å². The molecule has 0 aliphatic carbocycles. The number of sulfone groups is 1. The first kappa shape index (κ1) is 21.6. The van der Waals surface area contributed by atoms with Crippen LogP contribution in [0.15, 0.2) is 51.8 Å². The van der Waals surface area contributed by atoms with Crippen molar-refractivity contribution in [2.24, 2.45) is 0 Å². The van der Waals surface area contributed by atoms with Gasteiger partial charge in [0.25, 0.3) is 5.91 Å². The molecule has 2 amide bonds. The maximum atomic E-state index is 13.7. The quantitative estimate of drug-likeness (QED) is 0.618. The van der Waals surface area contributed by atoms with Crippen molar-refractivity contribution in [3.05, 3.63) is 65.6 Å². The van der Waals surface area contributed by atoms with Crippen molar-refractivity contribution in [1.82, 2.24) is 10.2 Å². The molecule has 1 aliphatic rings. The second kappa shape index (κ2) is 8.11. The second-order valence-electron chi connectivity index (χ2n) is 7.17. The Balaban J connectivity index is 1.47. The van der Waals surface area contributed by atoms with Gasteiger partial charge in [0.1, 0.15) is 17.2 Å². The Labute approximate surface area is 181 Å². The first-order chi connectivity index (χ1) is 15.1. The Morgan fingerprint density at radius 3 is 2.41 bits per heavy atom. The maximum absolute atomic E-state index is 13.7.